The standard InChI is InChI=1S/C18H20N6O2/c1-12(2)24-11-15(21-22-24)9-16-17(25)23(18(26)20-16)7-6-13-4-3-5-14(8-13)10-19/h3-5,8,11-12,16H,6-7,9H2,1-2H3,(H,20,26). The highest BCUT2D eigenvalue weighted by molar-refractivity contribution is 6.04. The molecule has 1 aliphatic rings. The highest BCUT2D eigenvalue weighted by Crippen LogP contribution is 2.13. The third-order valence-electron chi connectivity index (χ3n) is 4.29. The van der Waals surface area contributed by atoms with Crippen molar-refractivity contribution in [3.8, 4) is 6.07 Å². The van der Waals surface area contributed by atoms with Crippen LogP contribution in [0, 0.1) is 11.3 Å². The smallest absolute Gasteiger partial charge is 0.324 e. The molecule has 1 saturated heterocycles. The Balaban J connectivity index is 1.62. The van der Waals surface area contributed by atoms with Crippen molar-refractivity contribution in [2.45, 2.75) is 38.8 Å². The second-order valence-electron chi connectivity index (χ2n) is 6.54. The van der Waals surface area contributed by atoms with E-state index in [1.54, 1.807) is 29.1 Å². The number of carbonyl (C=O) groups is 2. The monoisotopic (exact) mass is 352 g/mol. The molecular weight excluding hydrogens is 332 g/mol. The maximum absolute atomic E-state index is 12.5. The summed E-state index contributed by atoms with van der Waals surface area (Å²) in [6.45, 7) is 4.25. The van der Waals surface area contributed by atoms with Crippen LogP contribution >= 0.6 is 0 Å². The topological polar surface area (TPSA) is 104 Å². The molecule has 0 spiro atoms. The van der Waals surface area contributed by atoms with E-state index in [0.29, 0.717) is 24.1 Å². The van der Waals surface area contributed by atoms with E-state index in [-0.39, 0.29) is 18.5 Å². The van der Waals surface area contributed by atoms with Gasteiger partial charge in [0.05, 0.1) is 17.3 Å². The van der Waals surface area contributed by atoms with Gasteiger partial charge < -0.3 is 5.32 Å². The summed E-state index contributed by atoms with van der Waals surface area (Å²) < 4.78 is 1.72. The summed E-state index contributed by atoms with van der Waals surface area (Å²) in [4.78, 5) is 25.9. The lowest BCUT2D eigenvalue weighted by atomic mass is 10.1. The molecule has 0 radical (unpaired) electrons. The second-order valence-corrected chi connectivity index (χ2v) is 6.54. The lowest BCUT2D eigenvalue weighted by molar-refractivity contribution is -0.127. The number of urea groups is 1. The summed E-state index contributed by atoms with van der Waals surface area (Å²) in [5, 5.41) is 19.7. The molecule has 1 N–H and O–H groups in total. The molecule has 8 nitrogen and oxygen atoms in total. The van der Waals surface area contributed by atoms with Crippen molar-refractivity contribution < 1.29 is 9.59 Å². The molecule has 134 valence electrons. The average Bonchev–Trinajstić information content (AvgIpc) is 3.19. The van der Waals surface area contributed by atoms with E-state index in [2.05, 4.69) is 21.7 Å². The fraction of sp³-hybridized carbons (Fsp3) is 0.389. The lowest BCUT2D eigenvalue weighted by Gasteiger charge is -2.12. The predicted octanol–water partition coefficient (Wildman–Crippen LogP) is 1.44. The number of carbonyl (C=O) groups excluding carboxylic acids is 2. The minimum absolute atomic E-state index is 0.186. The molecule has 2 heterocycles. The highest BCUT2D eigenvalue weighted by atomic mass is 16.2. The third-order valence-corrected chi connectivity index (χ3v) is 4.29. The van der Waals surface area contributed by atoms with Crippen molar-refractivity contribution in [1.29, 1.82) is 5.26 Å². The first-order valence-electron chi connectivity index (χ1n) is 8.49. The number of hydrogen-bond donors (Lipinski definition) is 1. The Labute approximate surface area is 151 Å². The van der Waals surface area contributed by atoms with Gasteiger partial charge in [-0.2, -0.15) is 5.26 Å². The van der Waals surface area contributed by atoms with Crippen LogP contribution in [-0.4, -0.2) is 44.4 Å². The van der Waals surface area contributed by atoms with Crippen molar-refractivity contribution >= 4 is 11.9 Å². The first-order valence-corrected chi connectivity index (χ1v) is 8.49. The summed E-state index contributed by atoms with van der Waals surface area (Å²) in [6, 6.07) is 8.40. The summed E-state index contributed by atoms with van der Waals surface area (Å²) in [6.07, 6.45) is 2.61. The summed E-state index contributed by atoms with van der Waals surface area (Å²) in [7, 11) is 0. The van der Waals surface area contributed by atoms with Gasteiger partial charge in [-0.25, -0.2) is 9.48 Å². The summed E-state index contributed by atoms with van der Waals surface area (Å²) in [5.41, 5.74) is 2.14. The number of imide groups is 1. The van der Waals surface area contributed by atoms with E-state index in [9.17, 15) is 9.59 Å². The van der Waals surface area contributed by atoms with Gasteiger partial charge in [0.25, 0.3) is 5.91 Å². The van der Waals surface area contributed by atoms with Crippen molar-refractivity contribution in [3.05, 3.63) is 47.3 Å². The molecule has 26 heavy (non-hydrogen) atoms. The van der Waals surface area contributed by atoms with Gasteiger partial charge >= 0.3 is 6.03 Å². The van der Waals surface area contributed by atoms with Crippen molar-refractivity contribution in [2.75, 3.05) is 6.54 Å². The zero-order valence-corrected chi connectivity index (χ0v) is 14.7. The Morgan fingerprint density at radius 1 is 1.35 bits per heavy atom. The third kappa shape index (κ3) is 3.72. The number of nitrogens with one attached hydrogen (secondary N) is 1. The van der Waals surface area contributed by atoms with E-state index in [1.807, 2.05) is 19.9 Å². The maximum Gasteiger partial charge on any atom is 0.324 e. The van der Waals surface area contributed by atoms with E-state index in [4.69, 9.17) is 5.26 Å². The Morgan fingerprint density at radius 2 is 2.15 bits per heavy atom. The van der Waals surface area contributed by atoms with E-state index >= 15 is 0 Å². The zero-order chi connectivity index (χ0) is 18.7. The van der Waals surface area contributed by atoms with Crippen LogP contribution in [0.15, 0.2) is 30.5 Å². The molecule has 3 rings (SSSR count). The largest absolute Gasteiger partial charge is 0.325 e. The Hall–Kier alpha value is -3.21. The molecule has 2 aromatic rings. The van der Waals surface area contributed by atoms with Crippen LogP contribution in [-0.2, 0) is 17.6 Å². The molecule has 0 bridgehead atoms. The molecule has 3 amide bonds. The molecule has 1 unspecified atom stereocenters. The molecule has 1 aliphatic heterocycles. The fourth-order valence-corrected chi connectivity index (χ4v) is 2.83. The van der Waals surface area contributed by atoms with Crippen LogP contribution in [0.5, 0.6) is 0 Å². The van der Waals surface area contributed by atoms with Gasteiger partial charge in [-0.3, -0.25) is 9.69 Å². The van der Waals surface area contributed by atoms with Crippen LogP contribution in [0.25, 0.3) is 0 Å². The average molecular weight is 352 g/mol. The minimum atomic E-state index is -0.620. The molecular formula is C18H20N6O2. The van der Waals surface area contributed by atoms with Crippen molar-refractivity contribution in [3.63, 3.8) is 0 Å². The number of nitrogens with zero attached hydrogens (tertiary/aromatic N) is 5. The van der Waals surface area contributed by atoms with Crippen LogP contribution in [0.1, 0.15) is 36.7 Å². The Kier molecular flexibility index (Phi) is 4.98. The van der Waals surface area contributed by atoms with Crippen LogP contribution < -0.4 is 5.32 Å². The number of rotatable bonds is 6. The number of nitriles is 1. The van der Waals surface area contributed by atoms with Crippen LogP contribution in [0.3, 0.4) is 0 Å². The van der Waals surface area contributed by atoms with Crippen LogP contribution in [0.2, 0.25) is 0 Å². The summed E-state index contributed by atoms with van der Waals surface area (Å²) in [5.74, 6) is -0.259. The zero-order valence-electron chi connectivity index (χ0n) is 14.7. The van der Waals surface area contributed by atoms with Gasteiger partial charge in [0, 0.05) is 25.2 Å². The molecule has 0 aliphatic carbocycles. The maximum atomic E-state index is 12.5. The van der Waals surface area contributed by atoms with Gasteiger partial charge in [-0.05, 0) is 38.0 Å². The minimum Gasteiger partial charge on any atom is -0.325 e. The van der Waals surface area contributed by atoms with Crippen molar-refractivity contribution in [1.82, 2.24) is 25.2 Å². The van der Waals surface area contributed by atoms with Gasteiger partial charge in [-0.15, -0.1) is 5.10 Å². The number of benzene rings is 1. The molecule has 0 saturated carbocycles. The van der Waals surface area contributed by atoms with Crippen LogP contribution in [0.4, 0.5) is 4.79 Å². The first kappa shape index (κ1) is 17.6. The predicted molar refractivity (Wildman–Crippen MR) is 93.0 cm³/mol. The lowest BCUT2D eigenvalue weighted by Crippen LogP contribution is -2.34. The van der Waals surface area contributed by atoms with E-state index < -0.39 is 12.1 Å². The fourth-order valence-electron chi connectivity index (χ4n) is 2.83. The Morgan fingerprint density at radius 3 is 2.85 bits per heavy atom. The molecule has 1 aromatic carbocycles. The molecule has 1 atom stereocenters. The van der Waals surface area contributed by atoms with Gasteiger partial charge in [0.2, 0.25) is 0 Å². The number of hydrogen-bond acceptors (Lipinski definition) is 5. The molecule has 1 aromatic heterocycles. The van der Waals surface area contributed by atoms with Gasteiger partial charge in [-0.1, -0.05) is 17.3 Å². The SMILES string of the molecule is CC(C)n1cc(CC2NC(=O)N(CCc3cccc(C#N)c3)C2=O)nn1. The molecule has 1 fully saturated rings. The highest BCUT2D eigenvalue weighted by Gasteiger charge is 2.38. The van der Waals surface area contributed by atoms with Gasteiger partial charge in [0.15, 0.2) is 0 Å². The van der Waals surface area contributed by atoms with Gasteiger partial charge in [0.1, 0.15) is 6.04 Å². The second kappa shape index (κ2) is 7.35. The van der Waals surface area contributed by atoms with E-state index in [1.165, 1.54) is 4.90 Å². The summed E-state index contributed by atoms with van der Waals surface area (Å²) >= 11 is 0. The first-order chi connectivity index (χ1) is 12.5. The number of aromatic nitrogens is 3. The normalized spacial score (nSPS) is 16.8. The van der Waals surface area contributed by atoms with Crippen molar-refractivity contribution in [2.24, 2.45) is 0 Å². The quantitative estimate of drug-likeness (QED) is 0.792. The Bertz CT molecular complexity index is 867. The van der Waals surface area contributed by atoms with E-state index in [0.717, 1.165) is 5.56 Å². The number of amides is 3. The molecule has 8 heteroatoms.